The minimum Gasteiger partial charge on any atom is -0.462 e. The van der Waals surface area contributed by atoms with Gasteiger partial charge in [0.15, 0.2) is 12.2 Å². The Labute approximate surface area is 575 Å². The molecular formula is C75H146O17P2. The number of ether oxygens (including phenoxy) is 4. The molecule has 3 N–H and O–H groups in total. The molecule has 0 rings (SSSR count). The Kier molecular flexibility index (Phi) is 63.1. The van der Waals surface area contributed by atoms with E-state index in [1.165, 1.54) is 173 Å². The van der Waals surface area contributed by atoms with Gasteiger partial charge >= 0.3 is 39.5 Å². The predicted molar refractivity (Wildman–Crippen MR) is 381 cm³/mol. The van der Waals surface area contributed by atoms with E-state index in [0.717, 1.165) is 108 Å². The number of esters is 4. The zero-order valence-electron chi connectivity index (χ0n) is 61.6. The molecule has 5 unspecified atom stereocenters. The Morgan fingerprint density at radius 1 is 0.298 bits per heavy atom. The van der Waals surface area contributed by atoms with Crippen LogP contribution in [0.4, 0.5) is 0 Å². The smallest absolute Gasteiger partial charge is 0.462 e. The second-order valence-electron chi connectivity index (χ2n) is 28.5. The first-order valence-electron chi connectivity index (χ1n) is 38.8. The number of rotatable bonds is 72. The van der Waals surface area contributed by atoms with Crippen LogP contribution >= 0.6 is 15.6 Å². The summed E-state index contributed by atoms with van der Waals surface area (Å²) in [5.74, 6) is 0.916. The number of carbonyl (C=O) groups excluding carboxylic acids is 4. The Morgan fingerprint density at radius 3 is 0.755 bits per heavy atom. The highest BCUT2D eigenvalue weighted by atomic mass is 31.2. The molecular weight excluding hydrogens is 1230 g/mol. The summed E-state index contributed by atoms with van der Waals surface area (Å²) in [6.07, 6.45) is 48.9. The highest BCUT2D eigenvalue weighted by Gasteiger charge is 2.30. The minimum atomic E-state index is -4.96. The van der Waals surface area contributed by atoms with Crippen molar-refractivity contribution in [3.63, 3.8) is 0 Å². The predicted octanol–water partition coefficient (Wildman–Crippen LogP) is 21.7. The lowest BCUT2D eigenvalue weighted by atomic mass is 9.99. The molecule has 0 fully saturated rings. The van der Waals surface area contributed by atoms with Gasteiger partial charge in [-0.05, 0) is 49.4 Å². The number of hydrogen-bond acceptors (Lipinski definition) is 15. The minimum absolute atomic E-state index is 0.102. The summed E-state index contributed by atoms with van der Waals surface area (Å²) in [7, 11) is -9.91. The molecule has 17 nitrogen and oxygen atoms in total. The van der Waals surface area contributed by atoms with Crippen LogP contribution in [0.3, 0.4) is 0 Å². The van der Waals surface area contributed by atoms with Crippen molar-refractivity contribution in [2.24, 2.45) is 23.7 Å². The Morgan fingerprint density at radius 2 is 0.511 bits per heavy atom. The molecule has 0 radical (unpaired) electrons. The molecule has 0 saturated carbocycles. The summed E-state index contributed by atoms with van der Waals surface area (Å²) < 4.78 is 68.4. The number of unbranched alkanes of at least 4 members (excludes halogenated alkanes) is 36. The van der Waals surface area contributed by atoms with Gasteiger partial charge in [-0.25, -0.2) is 9.13 Å². The van der Waals surface area contributed by atoms with Crippen LogP contribution < -0.4 is 0 Å². The van der Waals surface area contributed by atoms with Gasteiger partial charge in [0.1, 0.15) is 19.3 Å². The monoisotopic (exact) mass is 1380 g/mol. The first-order chi connectivity index (χ1) is 45.2. The standard InChI is InChI=1S/C75H146O17P2/c1-9-67(7)53-45-37-29-21-19-17-15-13-11-12-14-16-18-20-22-31-39-47-55-72(77)85-61-70(91-74(79)57-49-41-32-24-23-30-38-46-54-68(8)10-2)63-89-93(81,82)87-59-69(76)60-88-94(83,84)90-64-71(92-75(80)58-50-42-34-26-28-36-44-52-66(5)6)62-86-73(78)56-48-40-33-25-27-35-43-51-65(3)4/h65-71,76H,9-64H2,1-8H3,(H,81,82)(H,83,84)/t67?,68?,69?,70-,71-/m1/s1. The van der Waals surface area contributed by atoms with E-state index in [1.54, 1.807) is 0 Å². The van der Waals surface area contributed by atoms with Crippen LogP contribution in [0, 0.1) is 23.7 Å². The lowest BCUT2D eigenvalue weighted by molar-refractivity contribution is -0.161. The van der Waals surface area contributed by atoms with Gasteiger partial charge in [-0.1, -0.05) is 325 Å². The second kappa shape index (κ2) is 64.4. The summed E-state index contributed by atoms with van der Waals surface area (Å²) in [5, 5.41) is 10.6. The van der Waals surface area contributed by atoms with E-state index < -0.39 is 97.5 Å². The van der Waals surface area contributed by atoms with Crippen LogP contribution in [0.2, 0.25) is 0 Å². The third kappa shape index (κ3) is 66.0. The largest absolute Gasteiger partial charge is 0.472 e. The number of carbonyl (C=O) groups is 4. The van der Waals surface area contributed by atoms with E-state index >= 15 is 0 Å². The fraction of sp³-hybridized carbons (Fsp3) is 0.947. The van der Waals surface area contributed by atoms with Crippen molar-refractivity contribution >= 4 is 39.5 Å². The third-order valence-corrected chi connectivity index (χ3v) is 19.9. The number of phosphoric acid groups is 2. The molecule has 0 aliphatic carbocycles. The van der Waals surface area contributed by atoms with E-state index in [1.807, 2.05) is 0 Å². The van der Waals surface area contributed by atoms with Crippen molar-refractivity contribution in [1.82, 2.24) is 0 Å². The normalized spacial score (nSPS) is 14.7. The van der Waals surface area contributed by atoms with E-state index in [4.69, 9.17) is 37.0 Å². The topological polar surface area (TPSA) is 237 Å². The second-order valence-corrected chi connectivity index (χ2v) is 31.4. The summed E-state index contributed by atoms with van der Waals surface area (Å²) in [4.78, 5) is 72.6. The van der Waals surface area contributed by atoms with E-state index in [-0.39, 0.29) is 25.7 Å². The molecule has 94 heavy (non-hydrogen) atoms. The van der Waals surface area contributed by atoms with Gasteiger partial charge in [-0.2, -0.15) is 0 Å². The molecule has 0 aromatic rings. The number of hydrogen-bond donors (Lipinski definition) is 3. The van der Waals surface area contributed by atoms with Crippen LogP contribution in [0.15, 0.2) is 0 Å². The van der Waals surface area contributed by atoms with Gasteiger partial charge in [-0.15, -0.1) is 0 Å². The zero-order valence-corrected chi connectivity index (χ0v) is 63.4. The Hall–Kier alpha value is -1.94. The summed E-state index contributed by atoms with van der Waals surface area (Å²) in [5.41, 5.74) is 0. The van der Waals surface area contributed by atoms with E-state index in [9.17, 15) is 43.2 Å². The molecule has 0 aromatic carbocycles. The highest BCUT2D eigenvalue weighted by Crippen LogP contribution is 2.45. The molecule has 0 amide bonds. The van der Waals surface area contributed by atoms with E-state index in [2.05, 4.69) is 55.4 Å². The fourth-order valence-electron chi connectivity index (χ4n) is 11.3. The van der Waals surface area contributed by atoms with Crippen molar-refractivity contribution in [1.29, 1.82) is 0 Å². The quantitative estimate of drug-likeness (QED) is 0.0222. The van der Waals surface area contributed by atoms with Crippen molar-refractivity contribution in [2.75, 3.05) is 39.6 Å². The van der Waals surface area contributed by atoms with Crippen molar-refractivity contribution in [3.05, 3.63) is 0 Å². The summed E-state index contributed by atoms with van der Waals surface area (Å²) >= 11 is 0. The van der Waals surface area contributed by atoms with Crippen LogP contribution in [-0.4, -0.2) is 96.7 Å². The molecule has 0 aromatic heterocycles. The van der Waals surface area contributed by atoms with Gasteiger partial charge in [0.25, 0.3) is 0 Å². The molecule has 7 atom stereocenters. The molecule has 0 aliphatic heterocycles. The summed E-state index contributed by atoms with van der Waals surface area (Å²) in [6.45, 7) is 14.1. The molecule has 0 aliphatic rings. The molecule has 0 saturated heterocycles. The fourth-order valence-corrected chi connectivity index (χ4v) is 12.9. The molecule has 558 valence electrons. The van der Waals surface area contributed by atoms with Gasteiger partial charge in [0.05, 0.1) is 26.4 Å². The van der Waals surface area contributed by atoms with Crippen molar-refractivity contribution in [3.8, 4) is 0 Å². The highest BCUT2D eigenvalue weighted by molar-refractivity contribution is 7.47. The molecule has 0 bridgehead atoms. The number of phosphoric ester groups is 2. The van der Waals surface area contributed by atoms with E-state index in [0.29, 0.717) is 37.5 Å². The third-order valence-electron chi connectivity index (χ3n) is 18.0. The lowest BCUT2D eigenvalue weighted by Crippen LogP contribution is -2.30. The van der Waals surface area contributed by atoms with Gasteiger partial charge in [-0.3, -0.25) is 37.3 Å². The van der Waals surface area contributed by atoms with Gasteiger partial charge < -0.3 is 33.8 Å². The maximum atomic E-state index is 13.1. The maximum absolute atomic E-state index is 13.1. The van der Waals surface area contributed by atoms with Crippen LogP contribution in [-0.2, 0) is 65.4 Å². The lowest BCUT2D eigenvalue weighted by Gasteiger charge is -2.21. The molecule has 0 heterocycles. The average Bonchev–Trinajstić information content (AvgIpc) is 1.21. The average molecular weight is 1380 g/mol. The molecule has 0 spiro atoms. The van der Waals surface area contributed by atoms with Crippen LogP contribution in [0.5, 0.6) is 0 Å². The Balaban J connectivity index is 5.14. The number of aliphatic hydroxyl groups is 1. The maximum Gasteiger partial charge on any atom is 0.472 e. The zero-order chi connectivity index (χ0) is 69.6. The van der Waals surface area contributed by atoms with Gasteiger partial charge in [0.2, 0.25) is 0 Å². The first kappa shape index (κ1) is 92.1. The first-order valence-corrected chi connectivity index (χ1v) is 41.8. The van der Waals surface area contributed by atoms with Crippen LogP contribution in [0.25, 0.3) is 0 Å². The summed E-state index contributed by atoms with van der Waals surface area (Å²) in [6, 6.07) is 0. The van der Waals surface area contributed by atoms with Crippen molar-refractivity contribution < 1.29 is 80.2 Å². The Bertz CT molecular complexity index is 1850. The van der Waals surface area contributed by atoms with Crippen molar-refractivity contribution in [2.45, 2.75) is 395 Å². The SMILES string of the molecule is CCC(C)CCCCCCCCCCCCCCCCCCCCC(=O)OC[C@H](COP(=O)(O)OCC(O)COP(=O)(O)OC[C@@H](COC(=O)CCCCCCCCCC(C)C)OC(=O)CCCCCCCCCC(C)C)OC(=O)CCCCCCCCCCC(C)CC. The van der Waals surface area contributed by atoms with Crippen LogP contribution in [0.1, 0.15) is 376 Å². The molecule has 19 heteroatoms. The van der Waals surface area contributed by atoms with Gasteiger partial charge in [0, 0.05) is 25.7 Å². The number of aliphatic hydroxyl groups excluding tert-OH is 1.